The van der Waals surface area contributed by atoms with Crippen LogP contribution < -0.4 is 0 Å². The van der Waals surface area contributed by atoms with Crippen molar-refractivity contribution in [3.8, 4) is 0 Å². The Hall–Kier alpha value is -0.830. The average molecular weight is 179 g/mol. The molecular weight excluding hydrogens is 162 g/mol. The summed E-state index contributed by atoms with van der Waals surface area (Å²) in [7, 11) is 4.17. The number of aromatic nitrogens is 2. The molecule has 13 heavy (non-hydrogen) atoms. The quantitative estimate of drug-likeness (QED) is 0.643. The summed E-state index contributed by atoms with van der Waals surface area (Å²) < 4.78 is 1.89. The second-order valence-corrected chi connectivity index (χ2v) is 4.25. The largest absolute Gasteiger partial charge is 0.305 e. The van der Waals surface area contributed by atoms with E-state index in [2.05, 4.69) is 30.2 Å². The molecule has 1 aliphatic heterocycles. The first-order valence-electron chi connectivity index (χ1n) is 4.84. The SMILES string of the molecule is CC1CN(C)CC1c1cnn(C)c1. The molecule has 0 saturated carbocycles. The molecule has 2 rings (SSSR count). The first-order valence-corrected chi connectivity index (χ1v) is 4.84. The van der Waals surface area contributed by atoms with Crippen LogP contribution in [0.1, 0.15) is 18.4 Å². The maximum absolute atomic E-state index is 4.22. The number of aryl methyl sites for hydroxylation is 1. The van der Waals surface area contributed by atoms with E-state index in [1.807, 2.05) is 17.9 Å². The summed E-state index contributed by atoms with van der Waals surface area (Å²) in [4.78, 5) is 2.39. The van der Waals surface area contributed by atoms with Gasteiger partial charge in [-0.25, -0.2) is 0 Å². The first-order chi connectivity index (χ1) is 6.16. The molecule has 2 atom stereocenters. The predicted octanol–water partition coefficient (Wildman–Crippen LogP) is 1.09. The van der Waals surface area contributed by atoms with Crippen LogP contribution in [-0.4, -0.2) is 34.8 Å². The molecule has 0 bridgehead atoms. The number of likely N-dealkylation sites (tertiary alicyclic amines) is 1. The lowest BCUT2D eigenvalue weighted by atomic mass is 9.93. The Morgan fingerprint density at radius 3 is 2.62 bits per heavy atom. The lowest BCUT2D eigenvalue weighted by Crippen LogP contribution is -2.13. The lowest BCUT2D eigenvalue weighted by Gasteiger charge is -2.10. The highest BCUT2D eigenvalue weighted by molar-refractivity contribution is 5.15. The van der Waals surface area contributed by atoms with Gasteiger partial charge < -0.3 is 4.90 Å². The summed E-state index contributed by atoms with van der Waals surface area (Å²) in [6.07, 6.45) is 4.14. The minimum Gasteiger partial charge on any atom is -0.305 e. The van der Waals surface area contributed by atoms with Crippen molar-refractivity contribution in [3.63, 3.8) is 0 Å². The van der Waals surface area contributed by atoms with E-state index < -0.39 is 0 Å². The maximum Gasteiger partial charge on any atom is 0.0525 e. The molecule has 2 unspecified atom stereocenters. The second kappa shape index (κ2) is 3.14. The van der Waals surface area contributed by atoms with Gasteiger partial charge in [-0.05, 0) is 18.5 Å². The summed E-state index contributed by atoms with van der Waals surface area (Å²) in [5, 5.41) is 4.22. The number of nitrogens with zero attached hydrogens (tertiary/aromatic N) is 3. The summed E-state index contributed by atoms with van der Waals surface area (Å²) in [5.41, 5.74) is 1.39. The van der Waals surface area contributed by atoms with Gasteiger partial charge in [-0.15, -0.1) is 0 Å². The maximum atomic E-state index is 4.22. The van der Waals surface area contributed by atoms with Crippen molar-refractivity contribution in [1.29, 1.82) is 0 Å². The summed E-state index contributed by atoms with van der Waals surface area (Å²) in [6, 6.07) is 0. The average Bonchev–Trinajstić information content (AvgIpc) is 2.58. The molecule has 0 spiro atoms. The van der Waals surface area contributed by atoms with E-state index in [9.17, 15) is 0 Å². The molecule has 0 aromatic carbocycles. The topological polar surface area (TPSA) is 21.1 Å². The van der Waals surface area contributed by atoms with Crippen molar-refractivity contribution in [2.24, 2.45) is 13.0 Å². The van der Waals surface area contributed by atoms with Crippen LogP contribution in [-0.2, 0) is 7.05 Å². The lowest BCUT2D eigenvalue weighted by molar-refractivity contribution is 0.401. The van der Waals surface area contributed by atoms with Gasteiger partial charge in [0.05, 0.1) is 6.20 Å². The molecule has 3 heteroatoms. The number of hydrogen-bond donors (Lipinski definition) is 0. The third-order valence-corrected chi connectivity index (χ3v) is 2.95. The molecule has 2 heterocycles. The Labute approximate surface area is 79.3 Å². The summed E-state index contributed by atoms with van der Waals surface area (Å²) >= 11 is 0. The highest BCUT2D eigenvalue weighted by Crippen LogP contribution is 2.30. The number of rotatable bonds is 1. The Morgan fingerprint density at radius 1 is 1.38 bits per heavy atom. The van der Waals surface area contributed by atoms with E-state index in [0.717, 1.165) is 5.92 Å². The van der Waals surface area contributed by atoms with Crippen molar-refractivity contribution in [2.75, 3.05) is 20.1 Å². The molecule has 0 radical (unpaired) electrons. The van der Waals surface area contributed by atoms with Crippen molar-refractivity contribution in [3.05, 3.63) is 18.0 Å². The fourth-order valence-corrected chi connectivity index (χ4v) is 2.27. The fraction of sp³-hybridized carbons (Fsp3) is 0.700. The zero-order valence-corrected chi connectivity index (χ0v) is 8.57. The Bertz CT molecular complexity index is 292. The van der Waals surface area contributed by atoms with Gasteiger partial charge in [0.25, 0.3) is 0 Å². The van der Waals surface area contributed by atoms with Crippen LogP contribution in [0.4, 0.5) is 0 Å². The molecule has 1 aliphatic rings. The van der Waals surface area contributed by atoms with Crippen molar-refractivity contribution in [2.45, 2.75) is 12.8 Å². The third kappa shape index (κ3) is 1.61. The van der Waals surface area contributed by atoms with E-state index in [1.165, 1.54) is 18.7 Å². The monoisotopic (exact) mass is 179 g/mol. The predicted molar refractivity (Wildman–Crippen MR) is 52.6 cm³/mol. The zero-order chi connectivity index (χ0) is 9.42. The van der Waals surface area contributed by atoms with Gasteiger partial charge in [0.2, 0.25) is 0 Å². The Morgan fingerprint density at radius 2 is 2.15 bits per heavy atom. The highest BCUT2D eigenvalue weighted by atomic mass is 15.2. The molecular formula is C10H17N3. The molecule has 1 aromatic rings. The normalized spacial score (nSPS) is 29.8. The molecule has 0 aliphatic carbocycles. The third-order valence-electron chi connectivity index (χ3n) is 2.95. The van der Waals surface area contributed by atoms with Crippen molar-refractivity contribution >= 4 is 0 Å². The number of likely N-dealkylation sites (N-methyl/N-ethyl adjacent to an activating group) is 1. The van der Waals surface area contributed by atoms with Crippen LogP contribution in [0.3, 0.4) is 0 Å². The smallest absolute Gasteiger partial charge is 0.0525 e. The van der Waals surface area contributed by atoms with E-state index >= 15 is 0 Å². The molecule has 1 saturated heterocycles. The van der Waals surface area contributed by atoms with Crippen LogP contribution in [0, 0.1) is 5.92 Å². The molecule has 1 aromatic heterocycles. The Kier molecular flexibility index (Phi) is 2.12. The number of hydrogen-bond acceptors (Lipinski definition) is 2. The Balaban J connectivity index is 2.17. The minimum absolute atomic E-state index is 0.679. The molecule has 1 fully saturated rings. The second-order valence-electron chi connectivity index (χ2n) is 4.25. The van der Waals surface area contributed by atoms with Crippen LogP contribution in [0.5, 0.6) is 0 Å². The standard InChI is InChI=1S/C10H17N3/c1-8-5-12(2)7-10(8)9-4-11-13(3)6-9/h4,6,8,10H,5,7H2,1-3H3. The zero-order valence-electron chi connectivity index (χ0n) is 8.57. The van der Waals surface area contributed by atoms with Gasteiger partial charge in [-0.2, -0.15) is 5.10 Å². The van der Waals surface area contributed by atoms with E-state index in [0.29, 0.717) is 5.92 Å². The fourth-order valence-electron chi connectivity index (χ4n) is 2.27. The van der Waals surface area contributed by atoms with Crippen LogP contribution in [0.15, 0.2) is 12.4 Å². The van der Waals surface area contributed by atoms with Gasteiger partial charge in [-0.3, -0.25) is 4.68 Å². The highest BCUT2D eigenvalue weighted by Gasteiger charge is 2.29. The van der Waals surface area contributed by atoms with Crippen LogP contribution in [0.25, 0.3) is 0 Å². The van der Waals surface area contributed by atoms with Crippen molar-refractivity contribution < 1.29 is 0 Å². The van der Waals surface area contributed by atoms with Crippen LogP contribution >= 0.6 is 0 Å². The summed E-state index contributed by atoms with van der Waals surface area (Å²) in [5.74, 6) is 1.44. The molecule has 0 N–H and O–H groups in total. The van der Waals surface area contributed by atoms with Gasteiger partial charge in [0.15, 0.2) is 0 Å². The minimum atomic E-state index is 0.679. The first kappa shape index (κ1) is 8.75. The van der Waals surface area contributed by atoms with E-state index in [4.69, 9.17) is 0 Å². The van der Waals surface area contributed by atoms with E-state index in [1.54, 1.807) is 0 Å². The van der Waals surface area contributed by atoms with E-state index in [-0.39, 0.29) is 0 Å². The van der Waals surface area contributed by atoms with Gasteiger partial charge >= 0.3 is 0 Å². The van der Waals surface area contributed by atoms with Gasteiger partial charge in [0, 0.05) is 32.3 Å². The van der Waals surface area contributed by atoms with Gasteiger partial charge in [0.1, 0.15) is 0 Å². The van der Waals surface area contributed by atoms with Gasteiger partial charge in [-0.1, -0.05) is 6.92 Å². The summed E-state index contributed by atoms with van der Waals surface area (Å²) in [6.45, 7) is 4.70. The molecule has 0 amide bonds. The van der Waals surface area contributed by atoms with Crippen LogP contribution in [0.2, 0.25) is 0 Å². The van der Waals surface area contributed by atoms with Crippen molar-refractivity contribution in [1.82, 2.24) is 14.7 Å². The molecule has 72 valence electrons. The molecule has 3 nitrogen and oxygen atoms in total.